The first kappa shape index (κ1) is 12.4. The number of fused-ring (bicyclic) bond motifs is 1. The molecule has 0 unspecified atom stereocenters. The highest BCUT2D eigenvalue weighted by Crippen LogP contribution is 2.27. The number of nitrogens with zero attached hydrogens (tertiary/aromatic N) is 1. The monoisotopic (exact) mass is 245 g/mol. The van der Waals surface area contributed by atoms with E-state index in [1.807, 2.05) is 0 Å². The van der Waals surface area contributed by atoms with Crippen LogP contribution in [0.25, 0.3) is 5.52 Å². The Kier molecular flexibility index (Phi) is 2.95. The van der Waals surface area contributed by atoms with Crippen molar-refractivity contribution in [1.82, 2.24) is 4.40 Å². The minimum Gasteiger partial charge on any atom is -0.506 e. The van der Waals surface area contributed by atoms with E-state index in [0.29, 0.717) is 16.8 Å². The maximum absolute atomic E-state index is 12.1. The van der Waals surface area contributed by atoms with Gasteiger partial charge in [0.2, 0.25) is 0 Å². The van der Waals surface area contributed by atoms with Gasteiger partial charge >= 0.3 is 0 Å². The molecule has 0 saturated heterocycles. The second-order valence-corrected chi connectivity index (χ2v) is 4.63. The number of hydrogen-bond acceptors (Lipinski definition) is 3. The summed E-state index contributed by atoms with van der Waals surface area (Å²) in [5.41, 5.74) is 1.21. The summed E-state index contributed by atoms with van der Waals surface area (Å²) in [5, 5.41) is 9.89. The molecule has 4 heteroatoms. The first-order chi connectivity index (χ1) is 8.43. The Labute approximate surface area is 105 Å². The predicted octanol–water partition coefficient (Wildman–Crippen LogP) is 2.69. The van der Waals surface area contributed by atoms with Gasteiger partial charge in [0, 0.05) is 24.6 Å². The summed E-state index contributed by atoms with van der Waals surface area (Å²) in [6, 6.07) is 4.70. The summed E-state index contributed by atoms with van der Waals surface area (Å²) in [5.74, 6) is -0.399. The maximum Gasteiger partial charge on any atom is 0.176 e. The lowest BCUT2D eigenvalue weighted by Crippen LogP contribution is -2.06. The molecule has 94 valence electrons. The second kappa shape index (κ2) is 4.29. The molecule has 0 aliphatic rings. The lowest BCUT2D eigenvalue weighted by molar-refractivity contribution is 0.0940. The fourth-order valence-corrected chi connectivity index (χ4v) is 2.01. The predicted molar refractivity (Wildman–Crippen MR) is 68.2 cm³/mol. The average Bonchev–Trinajstić information content (AvgIpc) is 2.68. The highest BCUT2D eigenvalue weighted by Gasteiger charge is 2.21. The van der Waals surface area contributed by atoms with E-state index in [-0.39, 0.29) is 23.2 Å². The first-order valence-electron chi connectivity index (χ1n) is 5.81. The van der Waals surface area contributed by atoms with E-state index < -0.39 is 0 Å². The van der Waals surface area contributed by atoms with Crippen LogP contribution in [0, 0.1) is 5.92 Å². The fraction of sp³-hybridized carbons (Fsp3) is 0.286. The summed E-state index contributed by atoms with van der Waals surface area (Å²) >= 11 is 0. The molecule has 2 aromatic rings. The van der Waals surface area contributed by atoms with Gasteiger partial charge < -0.3 is 9.51 Å². The largest absolute Gasteiger partial charge is 0.506 e. The highest BCUT2D eigenvalue weighted by atomic mass is 16.3. The number of hydrogen-bond donors (Lipinski definition) is 1. The SMILES string of the molecule is CC(=O)c1cc(C(=O)C(C)C)c2c(O)cccn12. The molecule has 1 N–H and O–H groups in total. The van der Waals surface area contributed by atoms with Gasteiger partial charge in [-0.3, -0.25) is 9.59 Å². The third-order valence-corrected chi connectivity index (χ3v) is 2.92. The number of ketones is 2. The molecule has 0 aliphatic carbocycles. The van der Waals surface area contributed by atoms with Crippen LogP contribution in [0.5, 0.6) is 5.75 Å². The Bertz CT molecular complexity index is 638. The van der Waals surface area contributed by atoms with Crippen LogP contribution in [0.3, 0.4) is 0 Å². The summed E-state index contributed by atoms with van der Waals surface area (Å²) in [6.07, 6.45) is 1.67. The summed E-state index contributed by atoms with van der Waals surface area (Å²) in [7, 11) is 0. The van der Waals surface area contributed by atoms with Crippen molar-refractivity contribution in [2.75, 3.05) is 0 Å². The smallest absolute Gasteiger partial charge is 0.176 e. The number of aromatic nitrogens is 1. The Hall–Kier alpha value is -2.10. The number of Topliss-reactive ketones (excluding diaryl/α,β-unsaturated/α-hetero) is 2. The van der Waals surface area contributed by atoms with Crippen molar-refractivity contribution in [1.29, 1.82) is 0 Å². The van der Waals surface area contributed by atoms with Crippen molar-refractivity contribution in [3.8, 4) is 5.75 Å². The molecule has 2 rings (SSSR count). The average molecular weight is 245 g/mol. The summed E-state index contributed by atoms with van der Waals surface area (Å²) in [4.78, 5) is 23.7. The molecular formula is C14H15NO3. The second-order valence-electron chi connectivity index (χ2n) is 4.63. The van der Waals surface area contributed by atoms with Crippen LogP contribution in [0.15, 0.2) is 24.4 Å². The van der Waals surface area contributed by atoms with Gasteiger partial charge in [-0.05, 0) is 18.2 Å². The number of aromatic hydroxyl groups is 1. The molecule has 0 fully saturated rings. The molecule has 0 aliphatic heterocycles. The van der Waals surface area contributed by atoms with E-state index >= 15 is 0 Å². The van der Waals surface area contributed by atoms with Crippen molar-refractivity contribution in [2.45, 2.75) is 20.8 Å². The number of pyridine rings is 1. The van der Waals surface area contributed by atoms with Crippen LogP contribution in [0.1, 0.15) is 41.6 Å². The van der Waals surface area contributed by atoms with E-state index in [1.165, 1.54) is 13.0 Å². The highest BCUT2D eigenvalue weighted by molar-refractivity contribution is 6.08. The lowest BCUT2D eigenvalue weighted by Gasteiger charge is -2.04. The molecule has 0 radical (unpaired) electrons. The number of carbonyl (C=O) groups is 2. The molecule has 0 atom stereocenters. The van der Waals surface area contributed by atoms with E-state index in [4.69, 9.17) is 0 Å². The van der Waals surface area contributed by atoms with E-state index in [0.717, 1.165) is 0 Å². The van der Waals surface area contributed by atoms with Gasteiger partial charge in [0.05, 0.1) is 11.2 Å². The Morgan fingerprint density at radius 1 is 1.33 bits per heavy atom. The normalized spacial score (nSPS) is 11.1. The van der Waals surface area contributed by atoms with Crippen LogP contribution in [0.4, 0.5) is 0 Å². The lowest BCUT2D eigenvalue weighted by atomic mass is 10.0. The van der Waals surface area contributed by atoms with Gasteiger partial charge in [0.1, 0.15) is 5.75 Å². The molecule has 0 spiro atoms. The van der Waals surface area contributed by atoms with Crippen LogP contribution < -0.4 is 0 Å². The minimum absolute atomic E-state index is 0.00833. The zero-order valence-electron chi connectivity index (χ0n) is 10.6. The van der Waals surface area contributed by atoms with E-state index in [2.05, 4.69) is 0 Å². The zero-order chi connectivity index (χ0) is 13.4. The van der Waals surface area contributed by atoms with Crippen LogP contribution in [-0.2, 0) is 0 Å². The summed E-state index contributed by atoms with van der Waals surface area (Å²) in [6.45, 7) is 5.02. The van der Waals surface area contributed by atoms with Gasteiger partial charge in [-0.2, -0.15) is 0 Å². The van der Waals surface area contributed by atoms with Gasteiger partial charge in [0.25, 0.3) is 0 Å². The number of rotatable bonds is 3. The van der Waals surface area contributed by atoms with Crippen molar-refractivity contribution in [3.63, 3.8) is 0 Å². The number of carbonyl (C=O) groups excluding carboxylic acids is 2. The molecule has 2 heterocycles. The van der Waals surface area contributed by atoms with E-state index in [1.54, 1.807) is 36.6 Å². The van der Waals surface area contributed by atoms with Gasteiger partial charge in [0.15, 0.2) is 11.6 Å². The van der Waals surface area contributed by atoms with Crippen LogP contribution >= 0.6 is 0 Å². The van der Waals surface area contributed by atoms with Crippen molar-refractivity contribution < 1.29 is 14.7 Å². The van der Waals surface area contributed by atoms with Crippen molar-refractivity contribution in [2.24, 2.45) is 5.92 Å². The molecule has 0 aromatic carbocycles. The molecular weight excluding hydrogens is 230 g/mol. The van der Waals surface area contributed by atoms with Crippen LogP contribution in [-0.4, -0.2) is 21.1 Å². The topological polar surface area (TPSA) is 58.8 Å². The molecule has 2 aromatic heterocycles. The van der Waals surface area contributed by atoms with Gasteiger partial charge in [-0.1, -0.05) is 13.8 Å². The third-order valence-electron chi connectivity index (χ3n) is 2.92. The Morgan fingerprint density at radius 3 is 2.56 bits per heavy atom. The standard InChI is InChI=1S/C14H15NO3/c1-8(2)14(18)10-7-11(9(3)16)15-6-4-5-12(17)13(10)15/h4-8,17H,1-3H3. The third kappa shape index (κ3) is 1.79. The minimum atomic E-state index is -0.185. The fourth-order valence-electron chi connectivity index (χ4n) is 2.01. The quantitative estimate of drug-likeness (QED) is 0.846. The van der Waals surface area contributed by atoms with Gasteiger partial charge in [-0.15, -0.1) is 0 Å². The van der Waals surface area contributed by atoms with Crippen molar-refractivity contribution >= 4 is 17.1 Å². The molecule has 4 nitrogen and oxygen atoms in total. The molecule has 0 amide bonds. The maximum atomic E-state index is 12.1. The molecule has 0 bridgehead atoms. The first-order valence-corrected chi connectivity index (χ1v) is 5.81. The Morgan fingerprint density at radius 2 is 2.00 bits per heavy atom. The van der Waals surface area contributed by atoms with Crippen LogP contribution in [0.2, 0.25) is 0 Å². The molecule has 18 heavy (non-hydrogen) atoms. The van der Waals surface area contributed by atoms with E-state index in [9.17, 15) is 14.7 Å². The van der Waals surface area contributed by atoms with Crippen molar-refractivity contribution in [3.05, 3.63) is 35.7 Å². The summed E-state index contributed by atoms with van der Waals surface area (Å²) < 4.78 is 1.56. The zero-order valence-corrected chi connectivity index (χ0v) is 10.6. The Balaban J connectivity index is 2.82. The molecule has 0 saturated carbocycles. The van der Waals surface area contributed by atoms with Gasteiger partial charge in [-0.25, -0.2) is 0 Å².